The van der Waals surface area contributed by atoms with E-state index in [-0.39, 0.29) is 0 Å². The molecule has 0 aliphatic carbocycles. The molecule has 1 aromatic carbocycles. The van der Waals surface area contributed by atoms with Crippen molar-refractivity contribution in [3.8, 4) is 0 Å². The van der Waals surface area contributed by atoms with Crippen LogP contribution in [0.1, 0.15) is 19.4 Å². The molecule has 0 amide bonds. The topological polar surface area (TPSA) is 0 Å². The van der Waals surface area contributed by atoms with Gasteiger partial charge in [-0.25, -0.2) is 0 Å². The van der Waals surface area contributed by atoms with E-state index in [1.165, 1.54) is 17.2 Å². The molecule has 0 N–H and O–H groups in total. The van der Waals surface area contributed by atoms with Crippen molar-refractivity contribution in [2.45, 2.75) is 33.0 Å². The Bertz CT molecular complexity index is 368. The third-order valence-electron chi connectivity index (χ3n) is 2.56. The molecule has 0 heterocycles. The predicted octanol–water partition coefficient (Wildman–Crippen LogP) is 4.91. The minimum Gasteiger partial charge on any atom is -0.0939 e. The summed E-state index contributed by atoms with van der Waals surface area (Å²) in [6.07, 6.45) is 4.63. The second-order valence-corrected chi connectivity index (χ2v) is 9.94. The third kappa shape index (κ3) is 5.13. The van der Waals surface area contributed by atoms with Crippen molar-refractivity contribution in [1.82, 2.24) is 0 Å². The molecule has 1 rings (SSSR count). The van der Waals surface area contributed by atoms with Crippen molar-refractivity contribution in [2.24, 2.45) is 0 Å². The zero-order chi connectivity index (χ0) is 12.0. The summed E-state index contributed by atoms with van der Waals surface area (Å²) < 4.78 is 0. The number of allylic oxidation sites excluding steroid dienone is 2. The molecule has 86 valence electrons. The van der Waals surface area contributed by atoms with Crippen LogP contribution in [-0.2, 0) is 0 Å². The molecule has 0 unspecified atom stereocenters. The van der Waals surface area contributed by atoms with Crippen LogP contribution in [0.25, 0.3) is 6.08 Å². The minimum atomic E-state index is -1.21. The van der Waals surface area contributed by atoms with E-state index >= 15 is 0 Å². The van der Waals surface area contributed by atoms with Crippen LogP contribution in [0.2, 0.25) is 19.1 Å². The van der Waals surface area contributed by atoms with Gasteiger partial charge in [0.25, 0.3) is 0 Å². The predicted molar refractivity (Wildman–Crippen MR) is 77.2 cm³/mol. The van der Waals surface area contributed by atoms with Crippen molar-refractivity contribution in [3.63, 3.8) is 0 Å². The molecule has 1 heteroatoms. The summed E-state index contributed by atoms with van der Waals surface area (Å²) >= 11 is 0. The number of hydrogen-bond acceptors (Lipinski definition) is 0. The minimum absolute atomic E-state index is 1.21. The van der Waals surface area contributed by atoms with E-state index in [1.807, 2.05) is 0 Å². The first kappa shape index (κ1) is 13.0. The fourth-order valence-corrected chi connectivity index (χ4v) is 3.14. The molecule has 0 aromatic heterocycles. The van der Waals surface area contributed by atoms with E-state index in [2.05, 4.69) is 75.1 Å². The van der Waals surface area contributed by atoms with Crippen LogP contribution in [0.5, 0.6) is 0 Å². The van der Waals surface area contributed by atoms with Crippen LogP contribution < -0.4 is 0 Å². The molecule has 0 bridgehead atoms. The SMILES string of the molecule is CC(C)=CC[Si](C)(C)C=Cc1ccccc1. The normalized spacial score (nSPS) is 11.8. The van der Waals surface area contributed by atoms with Gasteiger partial charge in [0.15, 0.2) is 0 Å². The summed E-state index contributed by atoms with van der Waals surface area (Å²) in [7, 11) is -1.21. The highest BCUT2D eigenvalue weighted by molar-refractivity contribution is 6.83. The Hall–Kier alpha value is -1.08. The Balaban J connectivity index is 2.65. The van der Waals surface area contributed by atoms with Crippen LogP contribution in [0, 0.1) is 0 Å². The van der Waals surface area contributed by atoms with Gasteiger partial charge in [-0.15, -0.1) is 0 Å². The summed E-state index contributed by atoms with van der Waals surface area (Å²) in [5.41, 5.74) is 5.16. The van der Waals surface area contributed by atoms with Crippen molar-refractivity contribution < 1.29 is 0 Å². The average Bonchev–Trinajstić information content (AvgIpc) is 2.26. The van der Waals surface area contributed by atoms with Gasteiger partial charge >= 0.3 is 0 Å². The Kier molecular flexibility index (Phi) is 4.75. The van der Waals surface area contributed by atoms with Gasteiger partial charge in [0, 0.05) is 0 Å². The van der Waals surface area contributed by atoms with Gasteiger partial charge in [-0.1, -0.05) is 66.9 Å². The van der Waals surface area contributed by atoms with Crippen LogP contribution in [0.3, 0.4) is 0 Å². The van der Waals surface area contributed by atoms with Crippen LogP contribution in [0.15, 0.2) is 47.7 Å². The third-order valence-corrected chi connectivity index (χ3v) is 4.89. The first-order chi connectivity index (χ1) is 7.49. The van der Waals surface area contributed by atoms with Gasteiger partial charge in [0.2, 0.25) is 0 Å². The second-order valence-electron chi connectivity index (χ2n) is 5.22. The highest BCUT2D eigenvalue weighted by Crippen LogP contribution is 2.15. The van der Waals surface area contributed by atoms with Crippen molar-refractivity contribution in [2.75, 3.05) is 0 Å². The smallest absolute Gasteiger partial charge is 0.0754 e. The maximum absolute atomic E-state index is 2.43. The fraction of sp³-hybridized carbons (Fsp3) is 0.333. The lowest BCUT2D eigenvalue weighted by Crippen LogP contribution is -2.20. The highest BCUT2D eigenvalue weighted by Gasteiger charge is 2.14. The standard InChI is InChI=1S/C15H22Si/c1-14(2)10-12-16(3,4)13-11-15-8-6-5-7-9-15/h5-11,13H,12H2,1-4H3. The second kappa shape index (κ2) is 5.85. The first-order valence-electron chi connectivity index (χ1n) is 5.87. The van der Waals surface area contributed by atoms with Crippen molar-refractivity contribution >= 4 is 14.1 Å². The Morgan fingerprint density at radius 2 is 1.75 bits per heavy atom. The lowest BCUT2D eigenvalue weighted by atomic mass is 10.2. The van der Waals surface area contributed by atoms with Crippen molar-refractivity contribution in [3.05, 3.63) is 53.2 Å². The quantitative estimate of drug-likeness (QED) is 0.509. The van der Waals surface area contributed by atoms with Gasteiger partial charge in [-0.3, -0.25) is 0 Å². The fourth-order valence-electron chi connectivity index (χ4n) is 1.42. The Labute approximate surface area is 101 Å². The molecular weight excluding hydrogens is 208 g/mol. The molecule has 1 aromatic rings. The molecule has 0 saturated heterocycles. The van der Waals surface area contributed by atoms with E-state index in [9.17, 15) is 0 Å². The van der Waals surface area contributed by atoms with E-state index in [1.54, 1.807) is 0 Å². The Morgan fingerprint density at radius 1 is 1.12 bits per heavy atom. The van der Waals surface area contributed by atoms with Gasteiger partial charge in [0.1, 0.15) is 0 Å². The Morgan fingerprint density at radius 3 is 2.31 bits per heavy atom. The largest absolute Gasteiger partial charge is 0.0939 e. The number of rotatable bonds is 4. The van der Waals surface area contributed by atoms with Crippen LogP contribution >= 0.6 is 0 Å². The molecule has 0 saturated carbocycles. The lowest BCUT2D eigenvalue weighted by Gasteiger charge is -2.15. The monoisotopic (exact) mass is 230 g/mol. The summed E-state index contributed by atoms with van der Waals surface area (Å²) in [4.78, 5) is 0. The van der Waals surface area contributed by atoms with Gasteiger partial charge < -0.3 is 0 Å². The maximum atomic E-state index is 2.43. The van der Waals surface area contributed by atoms with Gasteiger partial charge in [-0.2, -0.15) is 0 Å². The van der Waals surface area contributed by atoms with Crippen LogP contribution in [0.4, 0.5) is 0 Å². The zero-order valence-electron chi connectivity index (χ0n) is 10.8. The summed E-state index contributed by atoms with van der Waals surface area (Å²) in [5.74, 6) is 0. The molecule has 0 aliphatic heterocycles. The molecule has 0 fully saturated rings. The average molecular weight is 230 g/mol. The number of hydrogen-bond donors (Lipinski definition) is 0. The van der Waals surface area contributed by atoms with Gasteiger partial charge in [0.05, 0.1) is 8.07 Å². The molecule has 16 heavy (non-hydrogen) atoms. The molecule has 0 nitrogen and oxygen atoms in total. The lowest BCUT2D eigenvalue weighted by molar-refractivity contribution is 1.34. The molecule has 0 atom stereocenters. The molecule has 0 aliphatic rings. The highest BCUT2D eigenvalue weighted by atomic mass is 28.3. The molecule has 0 radical (unpaired) electrons. The summed E-state index contributed by atoms with van der Waals surface area (Å²) in [6.45, 7) is 9.16. The van der Waals surface area contributed by atoms with Crippen LogP contribution in [-0.4, -0.2) is 8.07 Å². The molecule has 0 spiro atoms. The van der Waals surface area contributed by atoms with Crippen molar-refractivity contribution in [1.29, 1.82) is 0 Å². The first-order valence-corrected chi connectivity index (χ1v) is 9.16. The summed E-state index contributed by atoms with van der Waals surface area (Å²) in [6, 6.07) is 11.8. The maximum Gasteiger partial charge on any atom is 0.0754 e. The van der Waals surface area contributed by atoms with E-state index in [4.69, 9.17) is 0 Å². The van der Waals surface area contributed by atoms with E-state index in [0.29, 0.717) is 0 Å². The van der Waals surface area contributed by atoms with E-state index < -0.39 is 8.07 Å². The number of benzene rings is 1. The summed E-state index contributed by atoms with van der Waals surface area (Å²) in [5, 5.41) is 0. The van der Waals surface area contributed by atoms with E-state index in [0.717, 1.165) is 0 Å². The molecular formula is C15H22Si. The van der Waals surface area contributed by atoms with Gasteiger partial charge in [-0.05, 0) is 25.5 Å². The zero-order valence-corrected chi connectivity index (χ0v) is 11.8.